The first kappa shape index (κ1) is 15.4. The number of hydrogen-bond acceptors (Lipinski definition) is 2. The molecule has 1 aromatic rings. The molecule has 0 heterocycles. The molecule has 19 heavy (non-hydrogen) atoms. The minimum absolute atomic E-state index is 0.0965. The molecule has 104 valence electrons. The number of hydrogen-bond donors (Lipinski definition) is 2. The summed E-state index contributed by atoms with van der Waals surface area (Å²) < 4.78 is 12.8. The third kappa shape index (κ3) is 5.65. The molecule has 1 aromatic carbocycles. The topological polar surface area (TPSA) is 44.4 Å². The third-order valence-corrected chi connectivity index (χ3v) is 2.69. The Kier molecular flexibility index (Phi) is 5.69. The monoisotopic (exact) mass is 283 g/mol. The molecule has 0 unspecified atom stereocenters. The van der Waals surface area contributed by atoms with E-state index in [1.165, 1.54) is 12.1 Å². The molecule has 0 aliphatic carbocycles. The lowest BCUT2D eigenvalue weighted by atomic mass is 10.3. The predicted molar refractivity (Wildman–Crippen MR) is 78.5 cm³/mol. The maximum Gasteiger partial charge on any atom is 0.239 e. The Morgan fingerprint density at radius 3 is 2.47 bits per heavy atom. The zero-order valence-electron chi connectivity index (χ0n) is 11.2. The van der Waals surface area contributed by atoms with E-state index in [2.05, 4.69) is 10.6 Å². The summed E-state index contributed by atoms with van der Waals surface area (Å²) in [6.45, 7) is 3.96. The van der Waals surface area contributed by atoms with Crippen LogP contribution in [0.15, 0.2) is 24.3 Å². The lowest BCUT2D eigenvalue weighted by molar-refractivity contribution is -0.121. The predicted octanol–water partition coefficient (Wildman–Crippen LogP) is 1.98. The molecule has 0 saturated carbocycles. The fourth-order valence-corrected chi connectivity index (χ4v) is 1.59. The van der Waals surface area contributed by atoms with E-state index in [0.29, 0.717) is 10.8 Å². The van der Waals surface area contributed by atoms with Gasteiger partial charge in [0.2, 0.25) is 5.91 Å². The number of benzene rings is 1. The van der Waals surface area contributed by atoms with Crippen molar-refractivity contribution >= 4 is 28.9 Å². The first-order valence-electron chi connectivity index (χ1n) is 5.95. The van der Waals surface area contributed by atoms with Crippen LogP contribution in [-0.4, -0.2) is 35.6 Å². The van der Waals surface area contributed by atoms with E-state index in [1.54, 1.807) is 24.1 Å². The molecule has 0 aliphatic rings. The number of nitrogens with zero attached hydrogens (tertiary/aromatic N) is 1. The van der Waals surface area contributed by atoms with Crippen molar-refractivity contribution in [1.82, 2.24) is 10.2 Å². The van der Waals surface area contributed by atoms with E-state index >= 15 is 0 Å². The average molecular weight is 283 g/mol. The van der Waals surface area contributed by atoms with Crippen LogP contribution in [-0.2, 0) is 4.79 Å². The van der Waals surface area contributed by atoms with E-state index in [0.717, 1.165) is 0 Å². The van der Waals surface area contributed by atoms with Crippen LogP contribution < -0.4 is 10.6 Å². The van der Waals surface area contributed by atoms with E-state index < -0.39 is 0 Å². The molecule has 0 aromatic heterocycles. The van der Waals surface area contributed by atoms with Gasteiger partial charge in [-0.15, -0.1) is 0 Å². The van der Waals surface area contributed by atoms with Gasteiger partial charge in [0, 0.05) is 18.8 Å². The van der Waals surface area contributed by atoms with Gasteiger partial charge in [0.25, 0.3) is 0 Å². The number of anilines is 1. The van der Waals surface area contributed by atoms with Crippen LogP contribution in [0.3, 0.4) is 0 Å². The summed E-state index contributed by atoms with van der Waals surface area (Å²) in [6, 6.07) is 5.96. The molecule has 0 atom stereocenters. The Morgan fingerprint density at radius 1 is 1.37 bits per heavy atom. The molecule has 0 saturated heterocycles. The second-order valence-corrected chi connectivity index (χ2v) is 4.90. The van der Waals surface area contributed by atoms with Gasteiger partial charge in [0.05, 0.1) is 6.54 Å². The van der Waals surface area contributed by atoms with Gasteiger partial charge in [-0.25, -0.2) is 4.39 Å². The standard InChI is InChI=1S/C13H18FN3OS/c1-9(2)15-12(18)8-17(3)13(19)16-11-6-4-10(14)5-7-11/h4-7,9H,8H2,1-3H3,(H,15,18)(H,16,19). The Hall–Kier alpha value is -1.69. The van der Waals surface area contributed by atoms with Crippen molar-refractivity contribution in [3.63, 3.8) is 0 Å². The van der Waals surface area contributed by atoms with Gasteiger partial charge in [0.1, 0.15) is 5.82 Å². The first-order valence-corrected chi connectivity index (χ1v) is 6.36. The molecule has 4 nitrogen and oxygen atoms in total. The van der Waals surface area contributed by atoms with Crippen LogP contribution >= 0.6 is 12.2 Å². The van der Waals surface area contributed by atoms with Gasteiger partial charge in [-0.3, -0.25) is 4.79 Å². The molecule has 2 N–H and O–H groups in total. The molecular weight excluding hydrogens is 265 g/mol. The number of halogens is 1. The van der Waals surface area contributed by atoms with Crippen molar-refractivity contribution in [3.8, 4) is 0 Å². The lowest BCUT2D eigenvalue weighted by Crippen LogP contribution is -2.42. The fraction of sp³-hybridized carbons (Fsp3) is 0.385. The lowest BCUT2D eigenvalue weighted by Gasteiger charge is -2.21. The highest BCUT2D eigenvalue weighted by Crippen LogP contribution is 2.08. The molecular formula is C13H18FN3OS. The van der Waals surface area contributed by atoms with Gasteiger partial charge >= 0.3 is 0 Å². The van der Waals surface area contributed by atoms with Gasteiger partial charge in [-0.1, -0.05) is 0 Å². The zero-order chi connectivity index (χ0) is 14.4. The van der Waals surface area contributed by atoms with Crippen LogP contribution in [0, 0.1) is 5.82 Å². The molecule has 0 spiro atoms. The van der Waals surface area contributed by atoms with Gasteiger partial charge in [-0.2, -0.15) is 0 Å². The number of amides is 1. The van der Waals surface area contributed by atoms with E-state index in [1.807, 2.05) is 13.8 Å². The minimum atomic E-state index is -0.305. The van der Waals surface area contributed by atoms with Crippen LogP contribution in [0.1, 0.15) is 13.8 Å². The third-order valence-electron chi connectivity index (χ3n) is 2.27. The SMILES string of the molecule is CC(C)NC(=O)CN(C)C(=S)Nc1ccc(F)cc1. The maximum atomic E-state index is 12.8. The maximum absolute atomic E-state index is 12.8. The van der Waals surface area contributed by atoms with Crippen molar-refractivity contribution < 1.29 is 9.18 Å². The number of rotatable bonds is 4. The summed E-state index contributed by atoms with van der Waals surface area (Å²) in [5.41, 5.74) is 0.683. The van der Waals surface area contributed by atoms with E-state index in [-0.39, 0.29) is 24.3 Å². The highest BCUT2D eigenvalue weighted by Gasteiger charge is 2.10. The molecule has 6 heteroatoms. The Bertz CT molecular complexity index is 448. The highest BCUT2D eigenvalue weighted by molar-refractivity contribution is 7.80. The summed E-state index contributed by atoms with van der Waals surface area (Å²) >= 11 is 5.16. The summed E-state index contributed by atoms with van der Waals surface area (Å²) in [7, 11) is 1.72. The summed E-state index contributed by atoms with van der Waals surface area (Å²) in [6.07, 6.45) is 0. The second kappa shape index (κ2) is 7.04. The molecule has 0 aliphatic heterocycles. The number of carbonyl (C=O) groups excluding carboxylic acids is 1. The van der Waals surface area contributed by atoms with E-state index in [9.17, 15) is 9.18 Å². The van der Waals surface area contributed by atoms with Crippen LogP contribution in [0.25, 0.3) is 0 Å². The average Bonchev–Trinajstić information content (AvgIpc) is 2.30. The van der Waals surface area contributed by atoms with Crippen molar-refractivity contribution in [3.05, 3.63) is 30.1 Å². The second-order valence-electron chi connectivity index (χ2n) is 4.52. The number of nitrogens with one attached hydrogen (secondary N) is 2. The summed E-state index contributed by atoms with van der Waals surface area (Å²) in [5, 5.41) is 6.13. The first-order chi connectivity index (χ1) is 8.88. The summed E-state index contributed by atoms with van der Waals surface area (Å²) in [5.74, 6) is -0.401. The van der Waals surface area contributed by atoms with Crippen molar-refractivity contribution in [2.45, 2.75) is 19.9 Å². The Morgan fingerprint density at radius 2 is 1.95 bits per heavy atom. The zero-order valence-corrected chi connectivity index (χ0v) is 12.1. The number of likely N-dealkylation sites (N-methyl/N-ethyl adjacent to an activating group) is 1. The molecule has 1 amide bonds. The smallest absolute Gasteiger partial charge is 0.239 e. The quantitative estimate of drug-likeness (QED) is 0.829. The van der Waals surface area contributed by atoms with Crippen LogP contribution in [0.4, 0.5) is 10.1 Å². The molecule has 0 bridgehead atoms. The fourth-order valence-electron chi connectivity index (χ4n) is 1.41. The van der Waals surface area contributed by atoms with Gasteiger partial charge < -0.3 is 15.5 Å². The molecule has 0 radical (unpaired) electrons. The number of thiocarbonyl (C=S) groups is 1. The molecule has 1 rings (SSSR count). The van der Waals surface area contributed by atoms with Crippen molar-refractivity contribution in [2.75, 3.05) is 18.9 Å². The van der Waals surface area contributed by atoms with Crippen LogP contribution in [0.2, 0.25) is 0 Å². The van der Waals surface area contributed by atoms with Crippen molar-refractivity contribution in [2.24, 2.45) is 0 Å². The Balaban J connectivity index is 2.48. The van der Waals surface area contributed by atoms with Gasteiger partial charge in [0.15, 0.2) is 5.11 Å². The Labute approximate surface area is 118 Å². The largest absolute Gasteiger partial charge is 0.352 e. The molecule has 0 fully saturated rings. The summed E-state index contributed by atoms with van der Waals surface area (Å²) in [4.78, 5) is 13.2. The highest BCUT2D eigenvalue weighted by atomic mass is 32.1. The van der Waals surface area contributed by atoms with Crippen molar-refractivity contribution in [1.29, 1.82) is 0 Å². The van der Waals surface area contributed by atoms with Crippen LogP contribution in [0.5, 0.6) is 0 Å². The normalized spacial score (nSPS) is 10.2. The number of carbonyl (C=O) groups is 1. The van der Waals surface area contributed by atoms with E-state index in [4.69, 9.17) is 12.2 Å². The van der Waals surface area contributed by atoms with Gasteiger partial charge in [-0.05, 0) is 50.3 Å². The minimum Gasteiger partial charge on any atom is -0.352 e.